The van der Waals surface area contributed by atoms with Gasteiger partial charge in [0.2, 0.25) is 15.9 Å². The van der Waals surface area contributed by atoms with Crippen LogP contribution in [-0.4, -0.2) is 26.6 Å². The van der Waals surface area contributed by atoms with Gasteiger partial charge in [-0.15, -0.1) is 0 Å². The van der Waals surface area contributed by atoms with Crippen LogP contribution in [0.4, 0.5) is 5.69 Å². The molecule has 0 spiro atoms. The van der Waals surface area contributed by atoms with Gasteiger partial charge in [-0.1, -0.05) is 35.3 Å². The normalized spacial score (nSPS) is 13.7. The molecule has 5 nitrogen and oxygen atoms in total. The van der Waals surface area contributed by atoms with Crippen molar-refractivity contribution in [1.29, 1.82) is 0 Å². The minimum absolute atomic E-state index is 0.166. The summed E-state index contributed by atoms with van der Waals surface area (Å²) in [5.41, 5.74) is 4.52. The maximum Gasteiger partial charge on any atom is 0.244 e. The maximum atomic E-state index is 13.0. The summed E-state index contributed by atoms with van der Waals surface area (Å²) in [6.07, 6.45) is 1.03. The van der Waals surface area contributed by atoms with Crippen molar-refractivity contribution in [1.82, 2.24) is 5.32 Å². The molecule has 0 aromatic heterocycles. The molecule has 0 heterocycles. The van der Waals surface area contributed by atoms with Gasteiger partial charge < -0.3 is 5.32 Å². The van der Waals surface area contributed by atoms with Gasteiger partial charge in [0, 0.05) is 5.02 Å². The fraction of sp³-hybridized carbons (Fsp3) is 0.381. The number of sulfonamides is 1. The van der Waals surface area contributed by atoms with Crippen LogP contribution in [0.15, 0.2) is 30.3 Å². The minimum Gasteiger partial charge on any atom is -0.348 e. The molecule has 1 N–H and O–H groups in total. The molecular formula is C21H26Cl2N2O3S. The molecule has 1 amide bonds. The van der Waals surface area contributed by atoms with Crippen molar-refractivity contribution >= 4 is 44.8 Å². The van der Waals surface area contributed by atoms with Crippen LogP contribution < -0.4 is 9.62 Å². The molecule has 29 heavy (non-hydrogen) atoms. The summed E-state index contributed by atoms with van der Waals surface area (Å²) in [4.78, 5) is 13.0. The van der Waals surface area contributed by atoms with Crippen molar-refractivity contribution in [3.63, 3.8) is 0 Å². The number of hydrogen-bond donors (Lipinski definition) is 1. The van der Waals surface area contributed by atoms with E-state index in [1.54, 1.807) is 6.07 Å². The van der Waals surface area contributed by atoms with Crippen molar-refractivity contribution < 1.29 is 13.2 Å². The van der Waals surface area contributed by atoms with E-state index in [1.165, 1.54) is 24.6 Å². The first kappa shape index (κ1) is 23.5. The summed E-state index contributed by atoms with van der Waals surface area (Å²) >= 11 is 12.2. The number of aryl methyl sites for hydroxylation is 3. The summed E-state index contributed by atoms with van der Waals surface area (Å²) in [6, 6.07) is 7.31. The fourth-order valence-corrected chi connectivity index (χ4v) is 4.90. The van der Waals surface area contributed by atoms with Crippen LogP contribution >= 0.6 is 23.2 Å². The Hall–Kier alpha value is -1.76. The van der Waals surface area contributed by atoms with E-state index in [2.05, 4.69) is 11.4 Å². The Balaban J connectivity index is 2.35. The average molecular weight is 457 g/mol. The molecule has 0 aliphatic rings. The fourth-order valence-electron chi connectivity index (χ4n) is 3.30. The Bertz CT molecular complexity index is 1040. The third-order valence-corrected chi connectivity index (χ3v) is 6.72. The Morgan fingerprint density at radius 1 is 1.00 bits per heavy atom. The topological polar surface area (TPSA) is 66.5 Å². The van der Waals surface area contributed by atoms with E-state index in [-0.39, 0.29) is 16.8 Å². The highest BCUT2D eigenvalue weighted by Gasteiger charge is 2.31. The molecule has 2 rings (SSSR count). The minimum atomic E-state index is -3.79. The first-order valence-corrected chi connectivity index (χ1v) is 11.8. The maximum absolute atomic E-state index is 13.0. The third-order valence-electron chi connectivity index (χ3n) is 4.94. The van der Waals surface area contributed by atoms with E-state index in [9.17, 15) is 13.2 Å². The molecule has 0 saturated heterocycles. The molecule has 2 aromatic carbocycles. The monoisotopic (exact) mass is 456 g/mol. The summed E-state index contributed by atoms with van der Waals surface area (Å²) in [6.45, 7) is 9.44. The van der Waals surface area contributed by atoms with Gasteiger partial charge >= 0.3 is 0 Å². The quantitative estimate of drug-likeness (QED) is 0.668. The first-order valence-electron chi connectivity index (χ1n) is 9.15. The largest absolute Gasteiger partial charge is 0.348 e. The lowest BCUT2D eigenvalue weighted by Gasteiger charge is -2.30. The number of benzene rings is 2. The number of halogens is 2. The lowest BCUT2D eigenvalue weighted by Crippen LogP contribution is -2.48. The van der Waals surface area contributed by atoms with Crippen LogP contribution in [-0.2, 0) is 14.8 Å². The summed E-state index contributed by atoms with van der Waals surface area (Å²) < 4.78 is 26.0. The predicted molar refractivity (Wildman–Crippen MR) is 120 cm³/mol. The molecule has 158 valence electrons. The zero-order valence-electron chi connectivity index (χ0n) is 17.4. The first-order chi connectivity index (χ1) is 13.3. The number of nitrogens with one attached hydrogen (secondary N) is 1. The van der Waals surface area contributed by atoms with Gasteiger partial charge in [0.15, 0.2) is 0 Å². The van der Waals surface area contributed by atoms with Crippen molar-refractivity contribution in [2.75, 3.05) is 10.6 Å². The lowest BCUT2D eigenvalue weighted by molar-refractivity contribution is -0.122. The summed E-state index contributed by atoms with van der Waals surface area (Å²) in [7, 11) is -3.79. The highest BCUT2D eigenvalue weighted by molar-refractivity contribution is 7.92. The van der Waals surface area contributed by atoms with Gasteiger partial charge in [0.1, 0.15) is 6.04 Å². The third kappa shape index (κ3) is 5.44. The molecule has 0 aliphatic carbocycles. The Labute approximate surface area is 183 Å². The van der Waals surface area contributed by atoms with Crippen molar-refractivity contribution in [2.24, 2.45) is 0 Å². The second-order valence-electron chi connectivity index (χ2n) is 7.35. The SMILES string of the molecule is Cc1cc(C)c([C@H](C)NC(=O)[C@H](C)N(c2cc(Cl)ccc2Cl)S(C)(=O)=O)cc1C. The zero-order valence-corrected chi connectivity index (χ0v) is 19.7. The van der Waals surface area contributed by atoms with E-state index in [0.717, 1.165) is 27.3 Å². The second-order valence-corrected chi connectivity index (χ2v) is 10.1. The van der Waals surface area contributed by atoms with Crippen molar-refractivity contribution in [2.45, 2.75) is 46.7 Å². The Morgan fingerprint density at radius 2 is 1.59 bits per heavy atom. The van der Waals surface area contributed by atoms with Crippen molar-refractivity contribution in [3.8, 4) is 0 Å². The number of amides is 1. The van der Waals surface area contributed by atoms with Gasteiger partial charge in [-0.05, 0) is 75.1 Å². The van der Waals surface area contributed by atoms with E-state index < -0.39 is 22.0 Å². The molecule has 0 aliphatic heterocycles. The van der Waals surface area contributed by atoms with Crippen molar-refractivity contribution in [3.05, 3.63) is 62.6 Å². The predicted octanol–water partition coefficient (Wildman–Crippen LogP) is 4.95. The van der Waals surface area contributed by atoms with Gasteiger partial charge in [-0.2, -0.15) is 0 Å². The molecule has 0 radical (unpaired) electrons. The van der Waals surface area contributed by atoms with Crippen LogP contribution in [0.1, 0.15) is 42.1 Å². The number of carbonyl (C=O) groups excluding carboxylic acids is 1. The molecule has 8 heteroatoms. The molecule has 2 atom stereocenters. The number of rotatable bonds is 6. The lowest BCUT2D eigenvalue weighted by atomic mass is 9.96. The van der Waals surface area contributed by atoms with Crippen LogP contribution in [0.25, 0.3) is 0 Å². The van der Waals surface area contributed by atoms with Gasteiger partial charge in [0.05, 0.1) is 23.0 Å². The highest BCUT2D eigenvalue weighted by Crippen LogP contribution is 2.32. The number of nitrogens with zero attached hydrogens (tertiary/aromatic N) is 1. The standard InChI is InChI=1S/C21H26Cl2N2O3S/c1-12-9-14(3)18(10-13(12)2)15(4)24-21(26)16(5)25(29(6,27)28)20-11-17(22)7-8-19(20)23/h7-11,15-16H,1-6H3,(H,24,26)/t15-,16-/m0/s1. The van der Waals surface area contributed by atoms with Gasteiger partial charge in [-0.25, -0.2) is 8.42 Å². The summed E-state index contributed by atoms with van der Waals surface area (Å²) in [5, 5.41) is 3.43. The molecule has 0 unspecified atom stereocenters. The smallest absolute Gasteiger partial charge is 0.244 e. The Kier molecular flexibility index (Phi) is 7.25. The Morgan fingerprint density at radius 3 is 2.17 bits per heavy atom. The summed E-state index contributed by atoms with van der Waals surface area (Å²) in [5.74, 6) is -0.434. The van der Waals surface area contributed by atoms with Crippen LogP contribution in [0, 0.1) is 20.8 Å². The van der Waals surface area contributed by atoms with Crippen LogP contribution in [0.3, 0.4) is 0 Å². The molecule has 0 saturated carbocycles. The average Bonchev–Trinajstić information content (AvgIpc) is 2.59. The molecule has 2 aromatic rings. The molecule has 0 bridgehead atoms. The second kappa shape index (κ2) is 8.94. The molecule has 0 fully saturated rings. The number of anilines is 1. The number of hydrogen-bond acceptors (Lipinski definition) is 3. The van der Waals surface area contributed by atoms with Crippen LogP contribution in [0.5, 0.6) is 0 Å². The van der Waals surface area contributed by atoms with E-state index >= 15 is 0 Å². The van der Waals surface area contributed by atoms with Crippen LogP contribution in [0.2, 0.25) is 10.0 Å². The molecular weight excluding hydrogens is 431 g/mol. The zero-order chi connectivity index (χ0) is 22.1. The highest BCUT2D eigenvalue weighted by atomic mass is 35.5. The van der Waals surface area contributed by atoms with Gasteiger partial charge in [-0.3, -0.25) is 9.10 Å². The number of carbonyl (C=O) groups is 1. The van der Waals surface area contributed by atoms with Gasteiger partial charge in [0.25, 0.3) is 0 Å². The van der Waals surface area contributed by atoms with E-state index in [4.69, 9.17) is 23.2 Å². The van der Waals surface area contributed by atoms with E-state index in [1.807, 2.05) is 33.8 Å². The van der Waals surface area contributed by atoms with E-state index in [0.29, 0.717) is 5.02 Å².